The van der Waals surface area contributed by atoms with Gasteiger partial charge in [-0.15, -0.1) is 0 Å². The van der Waals surface area contributed by atoms with Gasteiger partial charge in [-0.3, -0.25) is 9.59 Å². The maximum Gasteiger partial charge on any atom is 0.243 e. The van der Waals surface area contributed by atoms with E-state index in [4.69, 9.17) is 11.6 Å². The van der Waals surface area contributed by atoms with Gasteiger partial charge in [0.2, 0.25) is 11.8 Å². The summed E-state index contributed by atoms with van der Waals surface area (Å²) in [6, 6.07) is 14.7. The molecule has 0 saturated carbocycles. The molecule has 2 aromatic carbocycles. The molecule has 0 atom stereocenters. The average molecular weight is 412 g/mol. The minimum absolute atomic E-state index is 0.0343. The third kappa shape index (κ3) is 5.58. The zero-order valence-electron chi connectivity index (χ0n) is 16.2. The number of benzene rings is 2. The van der Waals surface area contributed by atoms with Crippen molar-refractivity contribution in [1.29, 1.82) is 0 Å². The quantitative estimate of drug-likeness (QED) is 0.625. The number of anilines is 2. The first-order valence-electron chi connectivity index (χ1n) is 9.06. The highest BCUT2D eigenvalue weighted by Gasteiger charge is 2.13. The molecule has 3 rings (SSSR count). The van der Waals surface area contributed by atoms with Crippen molar-refractivity contribution in [2.24, 2.45) is 0 Å². The molecule has 150 valence electrons. The van der Waals surface area contributed by atoms with Gasteiger partial charge >= 0.3 is 0 Å². The van der Waals surface area contributed by atoms with E-state index in [1.807, 2.05) is 49.4 Å². The number of amides is 2. The number of carbonyl (C=O) groups is 2. The van der Waals surface area contributed by atoms with E-state index in [2.05, 4.69) is 15.7 Å². The SMILES string of the molecule is Cc1ccc(NC(=O)CN(C)C(=O)CNc2ccc(-n3cccn3)c(Cl)c2)cc1. The standard InChI is InChI=1S/C21H22ClN5O2/c1-15-4-6-16(7-5-15)25-20(28)14-26(2)21(29)13-23-17-8-9-19(18(22)12-17)27-11-3-10-24-27/h3-12,23H,13-14H2,1-2H3,(H,25,28). The molecule has 0 unspecified atom stereocenters. The predicted molar refractivity (Wildman–Crippen MR) is 115 cm³/mol. The van der Waals surface area contributed by atoms with Gasteiger partial charge in [0.25, 0.3) is 0 Å². The Morgan fingerprint density at radius 3 is 2.52 bits per heavy atom. The highest BCUT2D eigenvalue weighted by Crippen LogP contribution is 2.23. The van der Waals surface area contributed by atoms with Gasteiger partial charge in [0, 0.05) is 30.8 Å². The summed E-state index contributed by atoms with van der Waals surface area (Å²) in [5, 5.41) is 10.5. The van der Waals surface area contributed by atoms with Gasteiger partial charge in [-0.25, -0.2) is 4.68 Å². The molecule has 29 heavy (non-hydrogen) atoms. The zero-order valence-corrected chi connectivity index (χ0v) is 17.0. The number of rotatable bonds is 7. The van der Waals surface area contributed by atoms with Crippen molar-refractivity contribution >= 4 is 34.8 Å². The van der Waals surface area contributed by atoms with Crippen molar-refractivity contribution in [3.8, 4) is 5.69 Å². The number of nitrogens with one attached hydrogen (secondary N) is 2. The zero-order chi connectivity index (χ0) is 20.8. The van der Waals surface area contributed by atoms with E-state index < -0.39 is 0 Å². The largest absolute Gasteiger partial charge is 0.376 e. The van der Waals surface area contributed by atoms with Crippen LogP contribution in [-0.4, -0.2) is 46.6 Å². The van der Waals surface area contributed by atoms with Crippen molar-refractivity contribution < 1.29 is 9.59 Å². The van der Waals surface area contributed by atoms with Gasteiger partial charge < -0.3 is 15.5 Å². The first kappa shape index (κ1) is 20.4. The molecule has 7 nitrogen and oxygen atoms in total. The summed E-state index contributed by atoms with van der Waals surface area (Å²) < 4.78 is 1.66. The Bertz CT molecular complexity index is 987. The van der Waals surface area contributed by atoms with Crippen LogP contribution >= 0.6 is 11.6 Å². The Balaban J connectivity index is 1.50. The fourth-order valence-electron chi connectivity index (χ4n) is 2.67. The number of halogens is 1. The number of aryl methyl sites for hydroxylation is 1. The molecule has 2 amide bonds. The van der Waals surface area contributed by atoms with E-state index in [1.165, 1.54) is 4.90 Å². The second-order valence-corrected chi connectivity index (χ2v) is 7.04. The predicted octanol–water partition coefficient (Wildman–Crippen LogP) is 3.34. The summed E-state index contributed by atoms with van der Waals surface area (Å²) in [5.74, 6) is -0.465. The summed E-state index contributed by atoms with van der Waals surface area (Å²) in [5.41, 5.74) is 3.26. The van der Waals surface area contributed by atoms with Crippen LogP contribution in [0.25, 0.3) is 5.69 Å². The third-order valence-electron chi connectivity index (χ3n) is 4.28. The second-order valence-electron chi connectivity index (χ2n) is 6.63. The first-order chi connectivity index (χ1) is 13.9. The highest BCUT2D eigenvalue weighted by atomic mass is 35.5. The molecular formula is C21H22ClN5O2. The summed E-state index contributed by atoms with van der Waals surface area (Å²) in [6.07, 6.45) is 3.47. The number of carbonyl (C=O) groups excluding carboxylic acids is 2. The number of hydrogen-bond acceptors (Lipinski definition) is 4. The molecule has 3 aromatic rings. The van der Waals surface area contributed by atoms with Gasteiger partial charge in [-0.1, -0.05) is 29.3 Å². The molecule has 0 aliphatic rings. The van der Waals surface area contributed by atoms with Crippen LogP contribution in [0.1, 0.15) is 5.56 Å². The summed E-state index contributed by atoms with van der Waals surface area (Å²) in [4.78, 5) is 25.8. The van der Waals surface area contributed by atoms with Gasteiger partial charge in [0.1, 0.15) is 0 Å². The Morgan fingerprint density at radius 1 is 1.14 bits per heavy atom. The average Bonchev–Trinajstić information content (AvgIpc) is 3.22. The molecule has 1 aromatic heterocycles. The number of likely N-dealkylation sites (N-methyl/N-ethyl adjacent to an activating group) is 1. The Morgan fingerprint density at radius 2 is 1.86 bits per heavy atom. The maximum atomic E-state index is 12.3. The smallest absolute Gasteiger partial charge is 0.243 e. The van der Waals surface area contributed by atoms with E-state index in [1.54, 1.807) is 30.2 Å². The van der Waals surface area contributed by atoms with Gasteiger partial charge in [-0.05, 0) is 43.3 Å². The Kier molecular flexibility index (Phi) is 6.51. The molecular weight excluding hydrogens is 390 g/mol. The van der Waals surface area contributed by atoms with E-state index in [0.717, 1.165) is 11.3 Å². The molecule has 8 heteroatoms. The van der Waals surface area contributed by atoms with Crippen molar-refractivity contribution in [2.75, 3.05) is 30.8 Å². The van der Waals surface area contributed by atoms with Crippen LogP contribution in [0.5, 0.6) is 0 Å². The normalized spacial score (nSPS) is 10.4. The molecule has 0 saturated heterocycles. The minimum Gasteiger partial charge on any atom is -0.376 e. The van der Waals surface area contributed by atoms with Crippen LogP contribution < -0.4 is 10.6 Å². The van der Waals surface area contributed by atoms with Crippen molar-refractivity contribution in [3.63, 3.8) is 0 Å². The van der Waals surface area contributed by atoms with E-state index in [9.17, 15) is 9.59 Å². The minimum atomic E-state index is -0.253. The van der Waals surface area contributed by atoms with Gasteiger partial charge in [0.05, 0.1) is 23.8 Å². The molecule has 0 radical (unpaired) electrons. The van der Waals surface area contributed by atoms with Crippen LogP contribution in [0.4, 0.5) is 11.4 Å². The number of aromatic nitrogens is 2. The monoisotopic (exact) mass is 411 g/mol. The lowest BCUT2D eigenvalue weighted by Gasteiger charge is -2.18. The van der Waals surface area contributed by atoms with E-state index in [0.29, 0.717) is 16.4 Å². The van der Waals surface area contributed by atoms with Crippen LogP contribution in [0.3, 0.4) is 0 Å². The molecule has 2 N–H and O–H groups in total. The number of hydrogen-bond donors (Lipinski definition) is 2. The fourth-order valence-corrected chi connectivity index (χ4v) is 2.93. The topological polar surface area (TPSA) is 79.3 Å². The molecule has 0 spiro atoms. The Labute approximate surface area is 174 Å². The van der Waals surface area contributed by atoms with E-state index >= 15 is 0 Å². The van der Waals surface area contributed by atoms with Crippen LogP contribution in [0, 0.1) is 6.92 Å². The maximum absolute atomic E-state index is 12.3. The van der Waals surface area contributed by atoms with Gasteiger partial charge in [0.15, 0.2) is 0 Å². The summed E-state index contributed by atoms with van der Waals surface area (Å²) in [6.45, 7) is 1.99. The first-order valence-corrected chi connectivity index (χ1v) is 9.44. The van der Waals surface area contributed by atoms with Crippen LogP contribution in [-0.2, 0) is 9.59 Å². The molecule has 0 aliphatic carbocycles. The highest BCUT2D eigenvalue weighted by molar-refractivity contribution is 6.32. The van der Waals surface area contributed by atoms with Crippen molar-refractivity contribution in [3.05, 3.63) is 71.5 Å². The molecule has 0 bridgehead atoms. The number of nitrogens with zero attached hydrogens (tertiary/aromatic N) is 3. The summed E-state index contributed by atoms with van der Waals surface area (Å²) >= 11 is 6.31. The lowest BCUT2D eigenvalue weighted by atomic mass is 10.2. The fraction of sp³-hybridized carbons (Fsp3) is 0.190. The lowest BCUT2D eigenvalue weighted by molar-refractivity contribution is -0.131. The molecule has 0 aliphatic heterocycles. The van der Waals surface area contributed by atoms with Gasteiger partial charge in [-0.2, -0.15) is 5.10 Å². The van der Waals surface area contributed by atoms with Crippen molar-refractivity contribution in [1.82, 2.24) is 14.7 Å². The van der Waals surface area contributed by atoms with Crippen LogP contribution in [0.2, 0.25) is 5.02 Å². The molecule has 1 heterocycles. The third-order valence-corrected chi connectivity index (χ3v) is 4.59. The van der Waals surface area contributed by atoms with Crippen molar-refractivity contribution in [2.45, 2.75) is 6.92 Å². The van der Waals surface area contributed by atoms with Crippen LogP contribution in [0.15, 0.2) is 60.9 Å². The Hall–Kier alpha value is -3.32. The molecule has 0 fully saturated rings. The second kappa shape index (κ2) is 9.25. The lowest BCUT2D eigenvalue weighted by Crippen LogP contribution is -2.38. The summed E-state index contributed by atoms with van der Waals surface area (Å²) in [7, 11) is 1.59. The van der Waals surface area contributed by atoms with E-state index in [-0.39, 0.29) is 24.9 Å².